The van der Waals surface area contributed by atoms with E-state index in [-0.39, 0.29) is 18.3 Å². The van der Waals surface area contributed by atoms with Crippen molar-refractivity contribution in [3.8, 4) is 17.2 Å². The van der Waals surface area contributed by atoms with Gasteiger partial charge in [-0.2, -0.15) is 0 Å². The highest BCUT2D eigenvalue weighted by atomic mass is 35.5. The van der Waals surface area contributed by atoms with Crippen LogP contribution in [-0.2, 0) is 11.4 Å². The maximum absolute atomic E-state index is 12.6. The zero-order chi connectivity index (χ0) is 24.8. The minimum Gasteiger partial charge on any atom is -0.497 e. The molecule has 1 heterocycles. The third-order valence-electron chi connectivity index (χ3n) is 4.75. The Hall–Kier alpha value is -2.91. The Morgan fingerprint density at radius 3 is 2.34 bits per heavy atom. The number of amides is 1. The van der Waals surface area contributed by atoms with Gasteiger partial charge < -0.3 is 14.8 Å². The number of rotatable bonds is 9. The van der Waals surface area contributed by atoms with E-state index in [4.69, 9.17) is 44.3 Å². The average Bonchev–Trinajstić information content (AvgIpc) is 3.27. The van der Waals surface area contributed by atoms with Gasteiger partial charge in [0.25, 0.3) is 0 Å². The van der Waals surface area contributed by atoms with Crippen LogP contribution >= 0.6 is 46.6 Å². The van der Waals surface area contributed by atoms with E-state index in [1.165, 1.54) is 11.8 Å². The number of ether oxygens (including phenoxy) is 2. The second-order valence-corrected chi connectivity index (χ2v) is 9.36. The van der Waals surface area contributed by atoms with Crippen LogP contribution in [0.5, 0.6) is 11.5 Å². The van der Waals surface area contributed by atoms with Crippen molar-refractivity contribution in [3.63, 3.8) is 0 Å². The number of nitrogens with zero attached hydrogens (tertiary/aromatic N) is 3. The Kier molecular flexibility index (Phi) is 8.41. The smallest absolute Gasteiger partial charge is 0.234 e. The van der Waals surface area contributed by atoms with Crippen molar-refractivity contribution >= 4 is 58.2 Å². The van der Waals surface area contributed by atoms with Crippen LogP contribution in [0.2, 0.25) is 15.1 Å². The van der Waals surface area contributed by atoms with Gasteiger partial charge in [-0.15, -0.1) is 10.2 Å². The maximum Gasteiger partial charge on any atom is 0.234 e. The highest BCUT2D eigenvalue weighted by Crippen LogP contribution is 2.28. The van der Waals surface area contributed by atoms with E-state index in [0.717, 1.165) is 5.69 Å². The van der Waals surface area contributed by atoms with E-state index in [9.17, 15) is 4.79 Å². The number of carbonyl (C=O) groups is 1. The molecule has 4 rings (SSSR count). The molecular weight excluding hydrogens is 531 g/mol. The van der Waals surface area contributed by atoms with E-state index in [1.807, 2.05) is 28.8 Å². The molecule has 1 aromatic heterocycles. The first-order valence-electron chi connectivity index (χ1n) is 10.3. The monoisotopic (exact) mass is 548 g/mol. The largest absolute Gasteiger partial charge is 0.497 e. The van der Waals surface area contributed by atoms with Crippen LogP contribution in [0.15, 0.2) is 71.9 Å². The first-order valence-corrected chi connectivity index (χ1v) is 12.4. The van der Waals surface area contributed by atoms with Gasteiger partial charge in [0.15, 0.2) is 11.0 Å². The number of aromatic nitrogens is 3. The standard InChI is InChI=1S/C24H19Cl3N4O3S/c1-33-18-9-5-17(6-10-18)31-22(13-34-19-7-2-15(25)3-8-19)29-30-24(31)35-14-23(32)28-21-12-16(26)4-11-20(21)27/h2-12H,13-14H2,1H3,(H,28,32). The van der Waals surface area contributed by atoms with Gasteiger partial charge in [-0.25, -0.2) is 0 Å². The number of nitrogens with one attached hydrogen (secondary N) is 1. The van der Waals surface area contributed by atoms with Gasteiger partial charge in [0.05, 0.1) is 23.6 Å². The zero-order valence-corrected chi connectivity index (χ0v) is 21.5. The van der Waals surface area contributed by atoms with E-state index in [0.29, 0.717) is 43.2 Å². The molecule has 0 atom stereocenters. The summed E-state index contributed by atoms with van der Waals surface area (Å²) in [4.78, 5) is 12.6. The van der Waals surface area contributed by atoms with Crippen molar-refractivity contribution in [2.75, 3.05) is 18.2 Å². The van der Waals surface area contributed by atoms with E-state index in [1.54, 1.807) is 49.6 Å². The van der Waals surface area contributed by atoms with Crippen LogP contribution in [0.25, 0.3) is 5.69 Å². The van der Waals surface area contributed by atoms with Crippen molar-refractivity contribution in [3.05, 3.63) is 87.6 Å². The maximum atomic E-state index is 12.6. The van der Waals surface area contributed by atoms with Crippen LogP contribution < -0.4 is 14.8 Å². The molecule has 1 amide bonds. The number of methoxy groups -OCH3 is 1. The number of hydrogen-bond donors (Lipinski definition) is 1. The fraction of sp³-hybridized carbons (Fsp3) is 0.125. The number of thioether (sulfide) groups is 1. The highest BCUT2D eigenvalue weighted by Gasteiger charge is 2.17. The number of anilines is 1. The summed E-state index contributed by atoms with van der Waals surface area (Å²) in [7, 11) is 1.60. The number of benzene rings is 3. The number of hydrogen-bond acceptors (Lipinski definition) is 6. The molecule has 0 aliphatic rings. The lowest BCUT2D eigenvalue weighted by Crippen LogP contribution is -2.15. The summed E-state index contributed by atoms with van der Waals surface area (Å²) in [6, 6.07) is 19.3. The lowest BCUT2D eigenvalue weighted by Gasteiger charge is -2.12. The molecule has 0 fully saturated rings. The summed E-state index contributed by atoms with van der Waals surface area (Å²) in [6.45, 7) is 0.158. The van der Waals surface area contributed by atoms with Gasteiger partial charge in [-0.3, -0.25) is 9.36 Å². The summed E-state index contributed by atoms with van der Waals surface area (Å²) in [5.74, 6) is 1.74. The topological polar surface area (TPSA) is 78.3 Å². The highest BCUT2D eigenvalue weighted by molar-refractivity contribution is 7.99. The van der Waals surface area contributed by atoms with Gasteiger partial charge in [0.1, 0.15) is 18.1 Å². The predicted molar refractivity (Wildman–Crippen MR) is 140 cm³/mol. The van der Waals surface area contributed by atoms with Gasteiger partial charge in [0, 0.05) is 15.7 Å². The Bertz CT molecular complexity index is 1310. The SMILES string of the molecule is COc1ccc(-n2c(COc3ccc(Cl)cc3)nnc2SCC(=O)Nc2cc(Cl)ccc2Cl)cc1. The van der Waals surface area contributed by atoms with Gasteiger partial charge in [-0.1, -0.05) is 46.6 Å². The molecular formula is C24H19Cl3N4O3S. The Labute approximate surface area is 221 Å². The molecule has 0 aliphatic carbocycles. The van der Waals surface area contributed by atoms with Crippen molar-refractivity contribution in [1.82, 2.24) is 14.8 Å². The quantitative estimate of drug-likeness (QED) is 0.239. The molecule has 11 heteroatoms. The second-order valence-electron chi connectivity index (χ2n) is 7.14. The van der Waals surface area contributed by atoms with Crippen molar-refractivity contribution in [2.45, 2.75) is 11.8 Å². The fourth-order valence-electron chi connectivity index (χ4n) is 3.07. The molecule has 0 saturated heterocycles. The normalized spacial score (nSPS) is 10.7. The van der Waals surface area contributed by atoms with Gasteiger partial charge in [0.2, 0.25) is 5.91 Å². The van der Waals surface area contributed by atoms with Gasteiger partial charge >= 0.3 is 0 Å². The summed E-state index contributed by atoms with van der Waals surface area (Å²) in [5.41, 5.74) is 1.24. The average molecular weight is 550 g/mol. The predicted octanol–water partition coefficient (Wildman–Crippen LogP) is 6.55. The minimum absolute atomic E-state index is 0.0785. The van der Waals surface area contributed by atoms with Crippen LogP contribution in [0, 0.1) is 0 Å². The second kappa shape index (κ2) is 11.7. The van der Waals surface area contributed by atoms with Crippen LogP contribution in [0.1, 0.15) is 5.82 Å². The van der Waals surface area contributed by atoms with E-state index >= 15 is 0 Å². The Balaban J connectivity index is 1.52. The molecule has 4 aromatic rings. The zero-order valence-electron chi connectivity index (χ0n) is 18.4. The summed E-state index contributed by atoms with van der Waals surface area (Å²) < 4.78 is 13.0. The number of carbonyl (C=O) groups excluding carboxylic acids is 1. The van der Waals surface area contributed by atoms with Crippen LogP contribution in [0.4, 0.5) is 5.69 Å². The molecule has 0 spiro atoms. The molecule has 0 saturated carbocycles. The molecule has 1 N–H and O–H groups in total. The first-order chi connectivity index (χ1) is 16.9. The Morgan fingerprint density at radius 2 is 1.63 bits per heavy atom. The third kappa shape index (κ3) is 6.61. The molecule has 7 nitrogen and oxygen atoms in total. The first kappa shape index (κ1) is 25.2. The lowest BCUT2D eigenvalue weighted by atomic mass is 10.3. The summed E-state index contributed by atoms with van der Waals surface area (Å²) in [6.07, 6.45) is 0. The molecule has 3 aromatic carbocycles. The number of halogens is 3. The molecule has 180 valence electrons. The van der Waals surface area contributed by atoms with E-state index in [2.05, 4.69) is 15.5 Å². The molecule has 0 bridgehead atoms. The summed E-state index contributed by atoms with van der Waals surface area (Å²) >= 11 is 19.3. The van der Waals surface area contributed by atoms with Crippen molar-refractivity contribution in [2.24, 2.45) is 0 Å². The summed E-state index contributed by atoms with van der Waals surface area (Å²) in [5, 5.41) is 13.4. The Morgan fingerprint density at radius 1 is 0.943 bits per heavy atom. The molecule has 0 radical (unpaired) electrons. The molecule has 0 unspecified atom stereocenters. The van der Waals surface area contributed by atoms with Crippen LogP contribution in [0.3, 0.4) is 0 Å². The molecule has 0 aliphatic heterocycles. The molecule has 35 heavy (non-hydrogen) atoms. The van der Waals surface area contributed by atoms with Crippen molar-refractivity contribution < 1.29 is 14.3 Å². The van der Waals surface area contributed by atoms with Crippen LogP contribution in [-0.4, -0.2) is 33.5 Å². The van der Waals surface area contributed by atoms with Crippen molar-refractivity contribution in [1.29, 1.82) is 0 Å². The van der Waals surface area contributed by atoms with E-state index < -0.39 is 0 Å². The fourth-order valence-corrected chi connectivity index (χ4v) is 4.30. The minimum atomic E-state index is -0.262. The van der Waals surface area contributed by atoms with Gasteiger partial charge in [-0.05, 0) is 66.7 Å². The third-order valence-corrected chi connectivity index (χ3v) is 6.49. The lowest BCUT2D eigenvalue weighted by molar-refractivity contribution is -0.113.